The van der Waals surface area contributed by atoms with Crippen molar-refractivity contribution in [1.82, 2.24) is 25.5 Å². The Morgan fingerprint density at radius 2 is 1.93 bits per heavy atom. The van der Waals surface area contributed by atoms with Crippen molar-refractivity contribution in [1.29, 1.82) is 0 Å². The minimum Gasteiger partial charge on any atom is -0.484 e. The molecule has 1 atom stereocenters. The summed E-state index contributed by atoms with van der Waals surface area (Å²) < 4.78 is 5.50. The van der Waals surface area contributed by atoms with Gasteiger partial charge in [-0.2, -0.15) is 4.80 Å². The van der Waals surface area contributed by atoms with Crippen molar-refractivity contribution in [2.45, 2.75) is 12.5 Å². The number of tetrazole rings is 1. The van der Waals surface area contributed by atoms with Crippen LogP contribution in [0.4, 0.5) is 0 Å². The van der Waals surface area contributed by atoms with E-state index >= 15 is 0 Å². The predicted octanol–water partition coefficient (Wildman–Crippen LogP) is 0.976. The summed E-state index contributed by atoms with van der Waals surface area (Å²) >= 11 is 0. The number of hydrogen-bond acceptors (Lipinski definition) is 6. The minimum atomic E-state index is -0.353. The van der Waals surface area contributed by atoms with Crippen molar-refractivity contribution in [3.05, 3.63) is 60.2 Å². The number of hydrogen-bond donors (Lipinski definition) is 2. The van der Waals surface area contributed by atoms with E-state index in [1.165, 1.54) is 4.80 Å². The maximum absolute atomic E-state index is 12.1. The van der Waals surface area contributed by atoms with Gasteiger partial charge in [0.25, 0.3) is 5.91 Å². The highest BCUT2D eigenvalue weighted by atomic mass is 16.5. The Balaban J connectivity index is 1.49. The molecule has 0 fully saturated rings. The molecule has 2 aromatic carbocycles. The molecule has 3 aromatic rings. The molecule has 27 heavy (non-hydrogen) atoms. The third kappa shape index (κ3) is 5.35. The van der Waals surface area contributed by atoms with E-state index in [0.29, 0.717) is 18.0 Å². The number of carbonyl (C=O) groups excluding carboxylic acids is 1. The Kier molecular flexibility index (Phi) is 6.11. The third-order valence-electron chi connectivity index (χ3n) is 3.90. The first-order valence-electron chi connectivity index (χ1n) is 8.55. The van der Waals surface area contributed by atoms with Gasteiger partial charge < -0.3 is 15.2 Å². The van der Waals surface area contributed by atoms with E-state index in [2.05, 4.69) is 20.7 Å². The van der Waals surface area contributed by atoms with Crippen LogP contribution in [0.25, 0.3) is 11.4 Å². The Morgan fingerprint density at radius 3 is 2.56 bits per heavy atom. The number of nitrogens with one attached hydrogen (secondary N) is 1. The lowest BCUT2D eigenvalue weighted by Crippen LogP contribution is -2.41. The monoisotopic (exact) mass is 367 g/mol. The summed E-state index contributed by atoms with van der Waals surface area (Å²) in [5, 5.41) is 24.1. The number of aliphatic hydroxyl groups is 1. The second-order valence-electron chi connectivity index (χ2n) is 6.05. The summed E-state index contributed by atoms with van der Waals surface area (Å²) in [4.78, 5) is 13.5. The normalized spacial score (nSPS) is 11.8. The quantitative estimate of drug-likeness (QED) is 0.615. The summed E-state index contributed by atoms with van der Waals surface area (Å²) in [7, 11) is 1.70. The Morgan fingerprint density at radius 1 is 1.19 bits per heavy atom. The average molecular weight is 367 g/mol. The molecule has 0 radical (unpaired) electrons. The molecule has 1 amide bonds. The van der Waals surface area contributed by atoms with Gasteiger partial charge in [-0.1, -0.05) is 30.3 Å². The summed E-state index contributed by atoms with van der Waals surface area (Å²) in [6, 6.07) is 16.4. The summed E-state index contributed by atoms with van der Waals surface area (Å²) in [5.74, 6) is 0.791. The number of carbonyl (C=O) groups is 1. The Bertz CT molecular complexity index is 865. The predicted molar refractivity (Wildman–Crippen MR) is 98.9 cm³/mol. The molecule has 0 aliphatic rings. The second kappa shape index (κ2) is 8.91. The smallest absolute Gasteiger partial charge is 0.258 e. The minimum absolute atomic E-state index is 0.131. The number of ether oxygens (including phenoxy) is 1. The first kappa shape index (κ1) is 18.5. The van der Waals surface area contributed by atoms with E-state index < -0.39 is 0 Å². The Labute approximate surface area is 156 Å². The molecule has 1 aromatic heterocycles. The van der Waals surface area contributed by atoms with Gasteiger partial charge in [0.15, 0.2) is 6.61 Å². The number of rotatable bonds is 8. The molecule has 0 unspecified atom stereocenters. The van der Waals surface area contributed by atoms with Crippen LogP contribution in [0.2, 0.25) is 0 Å². The van der Waals surface area contributed by atoms with E-state index in [1.54, 1.807) is 31.3 Å². The molecule has 0 saturated heterocycles. The van der Waals surface area contributed by atoms with Crippen LogP contribution in [0.1, 0.15) is 5.56 Å². The molecule has 0 spiro atoms. The lowest BCUT2D eigenvalue weighted by atomic mass is 10.1. The highest BCUT2D eigenvalue weighted by molar-refractivity contribution is 5.77. The molecule has 0 aliphatic heterocycles. The summed E-state index contributed by atoms with van der Waals surface area (Å²) in [5.41, 5.74) is 1.86. The molecular weight excluding hydrogens is 346 g/mol. The Hall–Kier alpha value is -3.26. The van der Waals surface area contributed by atoms with Crippen LogP contribution in [0.5, 0.6) is 5.75 Å². The van der Waals surface area contributed by atoms with Crippen molar-refractivity contribution in [2.24, 2.45) is 7.05 Å². The molecular formula is C19H21N5O3. The molecule has 0 aliphatic carbocycles. The number of amides is 1. The van der Waals surface area contributed by atoms with Gasteiger partial charge in [0.05, 0.1) is 19.7 Å². The largest absolute Gasteiger partial charge is 0.484 e. The van der Waals surface area contributed by atoms with E-state index in [-0.39, 0.29) is 25.2 Å². The zero-order chi connectivity index (χ0) is 19.1. The number of nitrogens with zero attached hydrogens (tertiary/aromatic N) is 4. The van der Waals surface area contributed by atoms with E-state index in [0.717, 1.165) is 11.1 Å². The summed E-state index contributed by atoms with van der Waals surface area (Å²) in [6.07, 6.45) is 0.558. The number of aromatic nitrogens is 4. The van der Waals surface area contributed by atoms with Crippen LogP contribution in [0.3, 0.4) is 0 Å². The maximum Gasteiger partial charge on any atom is 0.258 e. The van der Waals surface area contributed by atoms with Crippen LogP contribution in [-0.2, 0) is 18.3 Å². The van der Waals surface area contributed by atoms with Crippen LogP contribution in [0.15, 0.2) is 54.6 Å². The van der Waals surface area contributed by atoms with Crippen molar-refractivity contribution in [3.8, 4) is 17.1 Å². The van der Waals surface area contributed by atoms with Crippen molar-refractivity contribution in [3.63, 3.8) is 0 Å². The van der Waals surface area contributed by atoms with E-state index in [4.69, 9.17) is 4.74 Å². The highest BCUT2D eigenvalue weighted by Gasteiger charge is 2.13. The molecule has 0 bridgehead atoms. The number of benzene rings is 2. The van der Waals surface area contributed by atoms with Crippen LogP contribution in [-0.4, -0.2) is 50.5 Å². The van der Waals surface area contributed by atoms with Crippen molar-refractivity contribution >= 4 is 5.91 Å². The molecule has 2 N–H and O–H groups in total. The van der Waals surface area contributed by atoms with Crippen LogP contribution >= 0.6 is 0 Å². The van der Waals surface area contributed by atoms with Gasteiger partial charge in [-0.05, 0) is 41.5 Å². The van der Waals surface area contributed by atoms with Gasteiger partial charge >= 0.3 is 0 Å². The standard InChI is InChI=1S/C19H21N5O3/c1-24-22-19(21-23-24)15-7-9-17(10-8-15)27-13-18(26)20-16(12-25)11-14-5-3-2-4-6-14/h2-10,16,25H,11-13H2,1H3,(H,20,26)/t16-/m0/s1. The van der Waals surface area contributed by atoms with Gasteiger partial charge in [-0.25, -0.2) is 0 Å². The van der Waals surface area contributed by atoms with Gasteiger partial charge in [0, 0.05) is 5.56 Å². The molecule has 8 nitrogen and oxygen atoms in total. The first-order valence-corrected chi connectivity index (χ1v) is 8.55. The van der Waals surface area contributed by atoms with Gasteiger partial charge in [0.1, 0.15) is 5.75 Å². The first-order chi connectivity index (χ1) is 13.1. The zero-order valence-corrected chi connectivity index (χ0v) is 14.9. The van der Waals surface area contributed by atoms with E-state index in [1.807, 2.05) is 30.3 Å². The number of aliphatic hydroxyl groups excluding tert-OH is 1. The van der Waals surface area contributed by atoms with E-state index in [9.17, 15) is 9.90 Å². The highest BCUT2D eigenvalue weighted by Crippen LogP contribution is 2.18. The number of aryl methyl sites for hydroxylation is 1. The van der Waals surface area contributed by atoms with Crippen molar-refractivity contribution in [2.75, 3.05) is 13.2 Å². The lowest BCUT2D eigenvalue weighted by molar-refractivity contribution is -0.124. The molecule has 3 rings (SSSR count). The SMILES string of the molecule is Cn1nnc(-c2ccc(OCC(=O)N[C@H](CO)Cc3ccccc3)cc2)n1. The third-order valence-corrected chi connectivity index (χ3v) is 3.90. The summed E-state index contributed by atoms with van der Waals surface area (Å²) in [6.45, 7) is -0.269. The molecule has 140 valence electrons. The lowest BCUT2D eigenvalue weighted by Gasteiger charge is -2.16. The molecule has 1 heterocycles. The average Bonchev–Trinajstić information content (AvgIpc) is 3.13. The fourth-order valence-corrected chi connectivity index (χ4v) is 2.58. The fraction of sp³-hybridized carbons (Fsp3) is 0.263. The molecule has 0 saturated carbocycles. The fourth-order valence-electron chi connectivity index (χ4n) is 2.58. The van der Waals surface area contributed by atoms with Gasteiger partial charge in [0.2, 0.25) is 5.82 Å². The second-order valence-corrected chi connectivity index (χ2v) is 6.05. The van der Waals surface area contributed by atoms with Gasteiger partial charge in [-0.15, -0.1) is 10.2 Å². The maximum atomic E-state index is 12.1. The van der Waals surface area contributed by atoms with Crippen LogP contribution in [0, 0.1) is 0 Å². The zero-order valence-electron chi connectivity index (χ0n) is 14.9. The topological polar surface area (TPSA) is 102 Å². The van der Waals surface area contributed by atoms with Crippen molar-refractivity contribution < 1.29 is 14.6 Å². The van der Waals surface area contributed by atoms with Gasteiger partial charge in [-0.3, -0.25) is 4.79 Å². The molecule has 8 heteroatoms. The van der Waals surface area contributed by atoms with Crippen LogP contribution < -0.4 is 10.1 Å².